The standard InChI is InChI=1S/C13H21N3O2/c1-15-13(18)9-11-10-16(6-3-2-4-8-17)7-5-12(11)14-15/h9,17H,2-8,10H2,1H3. The van der Waals surface area contributed by atoms with Gasteiger partial charge < -0.3 is 5.11 Å². The van der Waals surface area contributed by atoms with Crippen LogP contribution in [0.5, 0.6) is 0 Å². The fraction of sp³-hybridized carbons (Fsp3) is 0.692. The monoisotopic (exact) mass is 251 g/mol. The average molecular weight is 251 g/mol. The molecular weight excluding hydrogens is 230 g/mol. The van der Waals surface area contributed by atoms with Crippen LogP contribution in [0, 0.1) is 0 Å². The van der Waals surface area contributed by atoms with Crippen LogP contribution in [0.25, 0.3) is 0 Å². The van der Waals surface area contributed by atoms with Crippen LogP contribution in [-0.2, 0) is 20.0 Å². The van der Waals surface area contributed by atoms with Gasteiger partial charge in [0, 0.05) is 39.2 Å². The van der Waals surface area contributed by atoms with Crippen molar-refractivity contribution in [1.29, 1.82) is 0 Å². The van der Waals surface area contributed by atoms with Crippen molar-refractivity contribution in [1.82, 2.24) is 14.7 Å². The lowest BCUT2D eigenvalue weighted by atomic mass is 10.1. The molecule has 100 valence electrons. The summed E-state index contributed by atoms with van der Waals surface area (Å²) >= 11 is 0. The van der Waals surface area contributed by atoms with E-state index in [4.69, 9.17) is 5.11 Å². The lowest BCUT2D eigenvalue weighted by molar-refractivity contribution is 0.235. The maximum atomic E-state index is 11.6. The highest BCUT2D eigenvalue weighted by Crippen LogP contribution is 2.15. The number of aliphatic hydroxyl groups is 1. The van der Waals surface area contributed by atoms with Crippen LogP contribution in [0.4, 0.5) is 0 Å². The normalized spacial score (nSPS) is 15.7. The van der Waals surface area contributed by atoms with Gasteiger partial charge in [0.2, 0.25) is 0 Å². The minimum absolute atomic E-state index is 0.0316. The molecule has 5 heteroatoms. The first kappa shape index (κ1) is 13.2. The van der Waals surface area contributed by atoms with Crippen LogP contribution in [0.15, 0.2) is 10.9 Å². The zero-order chi connectivity index (χ0) is 13.0. The van der Waals surface area contributed by atoms with Gasteiger partial charge in [0.1, 0.15) is 0 Å². The molecule has 2 rings (SSSR count). The molecule has 1 aromatic heterocycles. The number of fused-ring (bicyclic) bond motifs is 1. The van der Waals surface area contributed by atoms with Crippen molar-refractivity contribution in [2.45, 2.75) is 32.2 Å². The highest BCUT2D eigenvalue weighted by atomic mass is 16.2. The van der Waals surface area contributed by atoms with Gasteiger partial charge in [-0.25, -0.2) is 4.68 Å². The molecule has 0 aromatic carbocycles. The zero-order valence-electron chi connectivity index (χ0n) is 10.9. The molecule has 5 nitrogen and oxygen atoms in total. The first-order valence-electron chi connectivity index (χ1n) is 6.60. The molecule has 0 atom stereocenters. The van der Waals surface area contributed by atoms with E-state index in [0.29, 0.717) is 0 Å². The van der Waals surface area contributed by atoms with Gasteiger partial charge in [0.15, 0.2) is 0 Å². The van der Waals surface area contributed by atoms with Gasteiger partial charge >= 0.3 is 0 Å². The van der Waals surface area contributed by atoms with E-state index >= 15 is 0 Å². The summed E-state index contributed by atoms with van der Waals surface area (Å²) in [4.78, 5) is 13.9. The topological polar surface area (TPSA) is 58.4 Å². The van der Waals surface area contributed by atoms with E-state index in [1.807, 2.05) is 0 Å². The molecule has 0 saturated heterocycles. The maximum Gasteiger partial charge on any atom is 0.266 e. The third-order valence-corrected chi connectivity index (χ3v) is 3.45. The van der Waals surface area contributed by atoms with Crippen molar-refractivity contribution in [2.24, 2.45) is 7.05 Å². The van der Waals surface area contributed by atoms with E-state index in [2.05, 4.69) is 10.00 Å². The predicted molar refractivity (Wildman–Crippen MR) is 69.4 cm³/mol. The SMILES string of the molecule is Cn1nc2c(cc1=O)CN(CCCCCO)CC2. The van der Waals surface area contributed by atoms with Crippen LogP contribution < -0.4 is 5.56 Å². The smallest absolute Gasteiger partial charge is 0.266 e. The number of aryl methyl sites for hydroxylation is 1. The summed E-state index contributed by atoms with van der Waals surface area (Å²) in [5, 5.41) is 13.0. The van der Waals surface area contributed by atoms with E-state index in [1.165, 1.54) is 4.68 Å². The Morgan fingerprint density at radius 3 is 3.00 bits per heavy atom. The summed E-state index contributed by atoms with van der Waals surface area (Å²) in [6.45, 7) is 3.16. The molecule has 0 fully saturated rings. The van der Waals surface area contributed by atoms with Gasteiger partial charge in [0.05, 0.1) is 5.69 Å². The summed E-state index contributed by atoms with van der Waals surface area (Å²) in [5.74, 6) is 0. The number of unbranched alkanes of at least 4 members (excludes halogenated alkanes) is 2. The van der Waals surface area contributed by atoms with E-state index in [0.717, 1.165) is 56.6 Å². The van der Waals surface area contributed by atoms with Gasteiger partial charge in [-0.15, -0.1) is 0 Å². The maximum absolute atomic E-state index is 11.6. The van der Waals surface area contributed by atoms with Crippen molar-refractivity contribution in [3.05, 3.63) is 27.7 Å². The lowest BCUT2D eigenvalue weighted by Gasteiger charge is -2.27. The highest BCUT2D eigenvalue weighted by Gasteiger charge is 2.17. The first-order chi connectivity index (χ1) is 8.70. The second-order valence-electron chi connectivity index (χ2n) is 4.89. The van der Waals surface area contributed by atoms with Gasteiger partial charge in [-0.05, 0) is 31.4 Å². The molecule has 18 heavy (non-hydrogen) atoms. The Hall–Kier alpha value is -1.20. The Morgan fingerprint density at radius 2 is 2.22 bits per heavy atom. The third kappa shape index (κ3) is 3.17. The molecule has 0 saturated carbocycles. The highest BCUT2D eigenvalue weighted by molar-refractivity contribution is 5.20. The molecule has 1 aliphatic rings. The van der Waals surface area contributed by atoms with Crippen molar-refractivity contribution in [3.8, 4) is 0 Å². The third-order valence-electron chi connectivity index (χ3n) is 3.45. The number of aromatic nitrogens is 2. The van der Waals surface area contributed by atoms with Crippen LogP contribution in [0.3, 0.4) is 0 Å². The zero-order valence-corrected chi connectivity index (χ0v) is 10.9. The number of rotatable bonds is 5. The van der Waals surface area contributed by atoms with Gasteiger partial charge in [-0.3, -0.25) is 9.69 Å². The predicted octanol–water partition coefficient (Wildman–Crippen LogP) is 0.301. The Bertz CT molecular complexity index is 456. The largest absolute Gasteiger partial charge is 0.396 e. The fourth-order valence-corrected chi connectivity index (χ4v) is 2.37. The average Bonchev–Trinajstić information content (AvgIpc) is 2.36. The molecule has 1 aromatic rings. The molecule has 0 bridgehead atoms. The second-order valence-corrected chi connectivity index (χ2v) is 4.89. The van der Waals surface area contributed by atoms with Crippen LogP contribution >= 0.6 is 0 Å². The molecule has 0 amide bonds. The van der Waals surface area contributed by atoms with Gasteiger partial charge in [0.25, 0.3) is 5.56 Å². The van der Waals surface area contributed by atoms with Crippen LogP contribution in [0.1, 0.15) is 30.5 Å². The van der Waals surface area contributed by atoms with E-state index in [9.17, 15) is 4.79 Å². The minimum Gasteiger partial charge on any atom is -0.396 e. The van der Waals surface area contributed by atoms with Crippen LogP contribution in [0.2, 0.25) is 0 Å². The Balaban J connectivity index is 1.93. The summed E-state index contributed by atoms with van der Waals surface area (Å²) in [5.41, 5.74) is 2.10. The Kier molecular flexibility index (Phi) is 4.49. The van der Waals surface area contributed by atoms with E-state index in [1.54, 1.807) is 13.1 Å². The van der Waals surface area contributed by atoms with Crippen molar-refractivity contribution >= 4 is 0 Å². The van der Waals surface area contributed by atoms with Gasteiger partial charge in [-0.1, -0.05) is 0 Å². The Labute approximate surface area is 107 Å². The van der Waals surface area contributed by atoms with Crippen molar-refractivity contribution < 1.29 is 5.11 Å². The first-order valence-corrected chi connectivity index (χ1v) is 6.60. The number of aliphatic hydroxyl groups excluding tert-OH is 1. The molecule has 0 radical (unpaired) electrons. The number of hydrogen-bond donors (Lipinski definition) is 1. The summed E-state index contributed by atoms with van der Waals surface area (Å²) in [6, 6.07) is 1.71. The Morgan fingerprint density at radius 1 is 1.39 bits per heavy atom. The fourth-order valence-electron chi connectivity index (χ4n) is 2.37. The number of nitrogens with zero attached hydrogens (tertiary/aromatic N) is 3. The number of hydrogen-bond acceptors (Lipinski definition) is 4. The molecule has 0 spiro atoms. The van der Waals surface area contributed by atoms with E-state index in [-0.39, 0.29) is 12.2 Å². The molecular formula is C13H21N3O2. The molecule has 1 N–H and O–H groups in total. The van der Waals surface area contributed by atoms with Crippen LogP contribution in [-0.4, -0.2) is 39.5 Å². The lowest BCUT2D eigenvalue weighted by Crippen LogP contribution is -2.34. The van der Waals surface area contributed by atoms with Crippen molar-refractivity contribution in [2.75, 3.05) is 19.7 Å². The van der Waals surface area contributed by atoms with Gasteiger partial charge in [-0.2, -0.15) is 5.10 Å². The minimum atomic E-state index is -0.0316. The van der Waals surface area contributed by atoms with E-state index < -0.39 is 0 Å². The summed E-state index contributed by atoms with van der Waals surface area (Å²) < 4.78 is 1.41. The molecule has 0 unspecified atom stereocenters. The summed E-state index contributed by atoms with van der Waals surface area (Å²) in [6.07, 6.45) is 3.97. The molecule has 0 aliphatic carbocycles. The van der Waals surface area contributed by atoms with Crippen molar-refractivity contribution in [3.63, 3.8) is 0 Å². The second kappa shape index (κ2) is 6.11. The quantitative estimate of drug-likeness (QED) is 0.765. The molecule has 1 aliphatic heterocycles. The summed E-state index contributed by atoms with van der Waals surface area (Å²) in [7, 11) is 1.70. The molecule has 2 heterocycles.